The standard InChI is InChI=1S/C16H19N5O3/c17-15(23)16-18-13(24-19-16)10-20-8-9-21(14(22)11-20)7-6-12-4-2-1-3-5-12/h1-5H,6-11H2,(H2,17,23). The van der Waals surface area contributed by atoms with Gasteiger partial charge in [-0.15, -0.1) is 0 Å². The summed E-state index contributed by atoms with van der Waals surface area (Å²) < 4.78 is 4.97. The molecule has 24 heavy (non-hydrogen) atoms. The van der Waals surface area contributed by atoms with Crippen molar-refractivity contribution in [3.63, 3.8) is 0 Å². The van der Waals surface area contributed by atoms with E-state index in [1.807, 2.05) is 28.0 Å². The Balaban J connectivity index is 1.49. The lowest BCUT2D eigenvalue weighted by molar-refractivity contribution is -0.136. The number of rotatable bonds is 6. The fraction of sp³-hybridized carbons (Fsp3) is 0.375. The minimum atomic E-state index is -0.730. The van der Waals surface area contributed by atoms with Gasteiger partial charge in [0, 0.05) is 19.6 Å². The lowest BCUT2D eigenvalue weighted by Crippen LogP contribution is -2.50. The van der Waals surface area contributed by atoms with Gasteiger partial charge in [-0.05, 0) is 12.0 Å². The number of piperazine rings is 1. The summed E-state index contributed by atoms with van der Waals surface area (Å²) in [5.74, 6) is -0.509. The summed E-state index contributed by atoms with van der Waals surface area (Å²) in [7, 11) is 0. The van der Waals surface area contributed by atoms with Gasteiger partial charge in [-0.3, -0.25) is 14.5 Å². The number of nitrogens with two attached hydrogens (primary N) is 1. The van der Waals surface area contributed by atoms with Crippen molar-refractivity contribution < 1.29 is 14.1 Å². The predicted octanol–water partition coefficient (Wildman–Crippen LogP) is 0.0554. The van der Waals surface area contributed by atoms with Gasteiger partial charge in [0.05, 0.1) is 13.1 Å². The van der Waals surface area contributed by atoms with E-state index in [1.54, 1.807) is 0 Å². The van der Waals surface area contributed by atoms with Crippen LogP contribution in [0, 0.1) is 0 Å². The molecule has 0 saturated carbocycles. The average Bonchev–Trinajstić information content (AvgIpc) is 3.04. The van der Waals surface area contributed by atoms with E-state index in [9.17, 15) is 9.59 Å². The highest BCUT2D eigenvalue weighted by atomic mass is 16.5. The number of aromatic nitrogens is 2. The van der Waals surface area contributed by atoms with Crippen molar-refractivity contribution in [3.05, 3.63) is 47.6 Å². The Kier molecular flexibility index (Phi) is 4.85. The quantitative estimate of drug-likeness (QED) is 0.803. The second kappa shape index (κ2) is 7.22. The third kappa shape index (κ3) is 3.96. The molecule has 8 nitrogen and oxygen atoms in total. The molecule has 3 rings (SSSR count). The Labute approximate surface area is 139 Å². The maximum Gasteiger partial charge on any atom is 0.290 e. The average molecular weight is 329 g/mol. The Bertz CT molecular complexity index is 716. The zero-order chi connectivity index (χ0) is 16.9. The van der Waals surface area contributed by atoms with E-state index < -0.39 is 5.91 Å². The van der Waals surface area contributed by atoms with E-state index in [1.165, 1.54) is 5.56 Å². The fourth-order valence-electron chi connectivity index (χ4n) is 2.65. The largest absolute Gasteiger partial charge is 0.363 e. The molecule has 8 heteroatoms. The maximum atomic E-state index is 12.3. The molecular formula is C16H19N5O3. The van der Waals surface area contributed by atoms with Crippen LogP contribution in [0.2, 0.25) is 0 Å². The first kappa shape index (κ1) is 16.1. The number of hydrogen-bond donors (Lipinski definition) is 1. The molecule has 2 aromatic rings. The molecule has 0 spiro atoms. The molecule has 1 saturated heterocycles. The topological polar surface area (TPSA) is 106 Å². The van der Waals surface area contributed by atoms with Crippen LogP contribution in [0.3, 0.4) is 0 Å². The van der Waals surface area contributed by atoms with Crippen LogP contribution >= 0.6 is 0 Å². The normalized spacial score (nSPS) is 15.7. The molecule has 1 aliphatic rings. The number of primary amides is 1. The van der Waals surface area contributed by atoms with E-state index >= 15 is 0 Å². The van der Waals surface area contributed by atoms with E-state index in [-0.39, 0.29) is 17.6 Å². The number of amides is 2. The van der Waals surface area contributed by atoms with E-state index in [2.05, 4.69) is 22.3 Å². The molecule has 0 atom stereocenters. The van der Waals surface area contributed by atoms with Crippen molar-refractivity contribution >= 4 is 11.8 Å². The molecule has 1 fully saturated rings. The minimum absolute atomic E-state index is 0.0758. The molecule has 126 valence electrons. The summed E-state index contributed by atoms with van der Waals surface area (Å²) in [6.45, 7) is 2.71. The summed E-state index contributed by atoms with van der Waals surface area (Å²) in [4.78, 5) is 30.9. The summed E-state index contributed by atoms with van der Waals surface area (Å²) >= 11 is 0. The monoisotopic (exact) mass is 329 g/mol. The maximum absolute atomic E-state index is 12.3. The Morgan fingerprint density at radius 2 is 2.04 bits per heavy atom. The lowest BCUT2D eigenvalue weighted by atomic mass is 10.1. The summed E-state index contributed by atoms with van der Waals surface area (Å²) in [6, 6.07) is 10.1. The van der Waals surface area contributed by atoms with Crippen LogP contribution in [0.15, 0.2) is 34.9 Å². The smallest absolute Gasteiger partial charge is 0.290 e. The van der Waals surface area contributed by atoms with Gasteiger partial charge in [0.15, 0.2) is 0 Å². The molecule has 1 aliphatic heterocycles. The number of carbonyl (C=O) groups is 2. The van der Waals surface area contributed by atoms with Gasteiger partial charge < -0.3 is 15.2 Å². The van der Waals surface area contributed by atoms with E-state index in [0.29, 0.717) is 26.2 Å². The lowest BCUT2D eigenvalue weighted by Gasteiger charge is -2.33. The molecule has 0 unspecified atom stereocenters. The zero-order valence-electron chi connectivity index (χ0n) is 13.2. The summed E-state index contributed by atoms with van der Waals surface area (Å²) in [5, 5.41) is 3.50. The van der Waals surface area contributed by atoms with Crippen molar-refractivity contribution in [1.82, 2.24) is 19.9 Å². The van der Waals surface area contributed by atoms with Gasteiger partial charge in [-0.1, -0.05) is 35.5 Å². The van der Waals surface area contributed by atoms with Crippen LogP contribution in [0.25, 0.3) is 0 Å². The Morgan fingerprint density at radius 3 is 2.71 bits per heavy atom. The zero-order valence-corrected chi connectivity index (χ0v) is 13.2. The second-order valence-electron chi connectivity index (χ2n) is 5.70. The molecular weight excluding hydrogens is 310 g/mol. The number of benzene rings is 1. The van der Waals surface area contributed by atoms with E-state index in [0.717, 1.165) is 13.0 Å². The van der Waals surface area contributed by atoms with Crippen LogP contribution in [0.1, 0.15) is 22.1 Å². The van der Waals surface area contributed by atoms with Crippen molar-refractivity contribution in [3.8, 4) is 0 Å². The molecule has 1 aromatic heterocycles. The Hall–Kier alpha value is -2.74. The third-order valence-corrected chi connectivity index (χ3v) is 3.96. The van der Waals surface area contributed by atoms with Crippen LogP contribution in [-0.2, 0) is 17.8 Å². The van der Waals surface area contributed by atoms with Crippen molar-refractivity contribution in [2.45, 2.75) is 13.0 Å². The van der Waals surface area contributed by atoms with Crippen LogP contribution in [0.4, 0.5) is 0 Å². The minimum Gasteiger partial charge on any atom is -0.363 e. The van der Waals surface area contributed by atoms with Crippen molar-refractivity contribution in [2.75, 3.05) is 26.2 Å². The van der Waals surface area contributed by atoms with Gasteiger partial charge in [0.2, 0.25) is 11.8 Å². The van der Waals surface area contributed by atoms with E-state index in [4.69, 9.17) is 10.3 Å². The highest BCUT2D eigenvalue weighted by Gasteiger charge is 2.25. The van der Waals surface area contributed by atoms with Crippen LogP contribution in [-0.4, -0.2) is 57.9 Å². The third-order valence-electron chi connectivity index (χ3n) is 3.96. The highest BCUT2D eigenvalue weighted by Crippen LogP contribution is 2.10. The molecule has 2 N–H and O–H groups in total. The number of hydrogen-bond acceptors (Lipinski definition) is 6. The first-order valence-electron chi connectivity index (χ1n) is 7.78. The van der Waals surface area contributed by atoms with Crippen molar-refractivity contribution in [2.24, 2.45) is 5.73 Å². The SMILES string of the molecule is NC(=O)c1noc(CN2CCN(CCc3ccccc3)C(=O)C2)n1. The van der Waals surface area contributed by atoms with Gasteiger partial charge >= 0.3 is 0 Å². The van der Waals surface area contributed by atoms with Crippen LogP contribution < -0.4 is 5.73 Å². The first-order chi connectivity index (χ1) is 11.6. The van der Waals surface area contributed by atoms with Gasteiger partial charge in [0.25, 0.3) is 11.7 Å². The molecule has 0 bridgehead atoms. The van der Waals surface area contributed by atoms with Gasteiger partial charge in [-0.25, -0.2) is 0 Å². The summed E-state index contributed by atoms with van der Waals surface area (Å²) in [6.07, 6.45) is 0.845. The van der Waals surface area contributed by atoms with Gasteiger partial charge in [-0.2, -0.15) is 4.98 Å². The first-order valence-corrected chi connectivity index (χ1v) is 7.78. The highest BCUT2D eigenvalue weighted by molar-refractivity contribution is 5.88. The second-order valence-corrected chi connectivity index (χ2v) is 5.70. The molecule has 0 aliphatic carbocycles. The summed E-state index contributed by atoms with van der Waals surface area (Å²) in [5.41, 5.74) is 6.30. The number of nitrogens with zero attached hydrogens (tertiary/aromatic N) is 4. The predicted molar refractivity (Wildman–Crippen MR) is 84.8 cm³/mol. The molecule has 0 radical (unpaired) electrons. The number of carbonyl (C=O) groups excluding carboxylic acids is 2. The molecule has 2 heterocycles. The van der Waals surface area contributed by atoms with Gasteiger partial charge in [0.1, 0.15) is 0 Å². The van der Waals surface area contributed by atoms with Crippen LogP contribution in [0.5, 0.6) is 0 Å². The molecule has 1 aromatic carbocycles. The molecule has 2 amide bonds. The fourth-order valence-corrected chi connectivity index (χ4v) is 2.65. The van der Waals surface area contributed by atoms with Crippen molar-refractivity contribution in [1.29, 1.82) is 0 Å². The Morgan fingerprint density at radius 1 is 1.25 bits per heavy atom.